The third-order valence-electron chi connectivity index (χ3n) is 0. The molecule has 0 unspecified atom stereocenters. The van der Waals surface area contributed by atoms with Crippen LogP contribution < -0.4 is 6.15 Å². The van der Waals surface area contributed by atoms with Gasteiger partial charge in [0, 0.05) is 6.92 Å². The number of hydrogen-bond acceptors (Lipinski definition) is 2. The molecule has 2 nitrogen and oxygen atoms in total. The first-order valence-electron chi connectivity index (χ1n) is 0.724. The van der Waals surface area contributed by atoms with Gasteiger partial charge >= 0.3 is 0 Å². The highest BCUT2D eigenvalue weighted by Gasteiger charge is 1.17. The van der Waals surface area contributed by atoms with Gasteiger partial charge in [0.25, 0.3) is 0 Å². The molecule has 5 heavy (non-hydrogen) atoms. The van der Waals surface area contributed by atoms with Crippen LogP contribution in [-0.4, -0.2) is 0 Å². The van der Waals surface area contributed by atoms with E-state index in [2.05, 4.69) is 0 Å². The van der Waals surface area contributed by atoms with Crippen LogP contribution in [0, 0.1) is 11.3 Å². The Kier molecular flexibility index (Phi) is 159. The first-order valence-corrected chi connectivity index (χ1v) is 0.724. The zero-order valence-corrected chi connectivity index (χ0v) is 4.78. The fraction of sp³-hybridized carbons (Fsp3) is 0.500. The Bertz CT molecular complexity index is 29.1. The minimum absolute atomic E-state index is 0. The van der Waals surface area contributed by atoms with E-state index in [0.29, 0.717) is 0 Å². The van der Waals surface area contributed by atoms with Gasteiger partial charge in [-0.15, -0.1) is 17.0 Å². The molecule has 0 radical (unpaired) electrons. The molecule has 0 rings (SSSR count). The third kappa shape index (κ3) is 2990. The Hall–Kier alpha value is -0.0700. The highest BCUT2D eigenvalue weighted by molar-refractivity contribution is 8.93. The summed E-state index contributed by atoms with van der Waals surface area (Å²) in [4.78, 5) is 0. The van der Waals surface area contributed by atoms with Crippen molar-refractivity contribution in [2.75, 3.05) is 0 Å². The van der Waals surface area contributed by atoms with Crippen molar-refractivity contribution in [3.8, 4) is 6.07 Å². The summed E-state index contributed by atoms with van der Waals surface area (Å²) in [5, 5.41) is 7.32. The molecule has 0 aromatic carbocycles. The summed E-state index contributed by atoms with van der Waals surface area (Å²) in [5.74, 6) is 0. The topological polar surface area (TPSA) is 58.8 Å². The van der Waals surface area contributed by atoms with Crippen molar-refractivity contribution < 1.29 is 0 Å². The average molecular weight is 139 g/mol. The van der Waals surface area contributed by atoms with Crippen LogP contribution in [0.4, 0.5) is 0 Å². The second kappa shape index (κ2) is 39.0. The molecule has 0 spiro atoms. The summed E-state index contributed by atoms with van der Waals surface area (Å²) in [7, 11) is 0. The van der Waals surface area contributed by atoms with Crippen molar-refractivity contribution in [1.82, 2.24) is 6.15 Å². The van der Waals surface area contributed by atoms with Gasteiger partial charge in [0.05, 0.1) is 6.07 Å². The molecule has 0 saturated heterocycles. The fourth-order valence-corrected chi connectivity index (χ4v) is 0. The van der Waals surface area contributed by atoms with Gasteiger partial charge in [0.1, 0.15) is 0 Å². The van der Waals surface area contributed by atoms with E-state index < -0.39 is 0 Å². The number of nitrogens with zero attached hydrogens (tertiary/aromatic N) is 1. The Labute approximate surface area is 42.1 Å². The first kappa shape index (κ1) is 20.4. The normalized spacial score (nSPS) is 1.60. The highest BCUT2D eigenvalue weighted by atomic mass is 79.9. The molecule has 3 N–H and O–H groups in total. The average Bonchev–Trinajstić information content (AvgIpc) is 0.918. The maximum atomic E-state index is 7.32. The summed E-state index contributed by atoms with van der Waals surface area (Å²) in [6.07, 6.45) is 0. The largest absolute Gasteiger partial charge is 0.344 e. The molecule has 0 fully saturated rings. The predicted molar refractivity (Wildman–Crippen MR) is 26.6 cm³/mol. The quantitative estimate of drug-likeness (QED) is 0.549. The van der Waals surface area contributed by atoms with Crippen LogP contribution >= 0.6 is 17.0 Å². The Morgan fingerprint density at radius 3 is 1.60 bits per heavy atom. The summed E-state index contributed by atoms with van der Waals surface area (Å²) in [5.41, 5.74) is 0. The van der Waals surface area contributed by atoms with Crippen LogP contribution in [0.2, 0.25) is 0 Å². The van der Waals surface area contributed by atoms with Gasteiger partial charge in [-0.3, -0.25) is 0 Å². The molecule has 0 saturated carbocycles. The van der Waals surface area contributed by atoms with Crippen molar-refractivity contribution in [3.63, 3.8) is 0 Å². The Morgan fingerprint density at radius 1 is 1.60 bits per heavy atom. The lowest BCUT2D eigenvalue weighted by atomic mass is 11.0. The van der Waals surface area contributed by atoms with Crippen molar-refractivity contribution >= 4 is 17.0 Å². The monoisotopic (exact) mass is 138 g/mol. The van der Waals surface area contributed by atoms with Crippen molar-refractivity contribution in [2.24, 2.45) is 0 Å². The lowest BCUT2D eigenvalue weighted by Gasteiger charge is -1.15. The molecule has 0 aliphatic rings. The second-order valence-electron chi connectivity index (χ2n) is 0.224. The van der Waals surface area contributed by atoms with Crippen LogP contribution in [0.1, 0.15) is 6.92 Å². The third-order valence-corrected chi connectivity index (χ3v) is 0. The van der Waals surface area contributed by atoms with Crippen molar-refractivity contribution in [1.29, 1.82) is 5.26 Å². The summed E-state index contributed by atoms with van der Waals surface area (Å²) in [6.45, 7) is 1.43. The van der Waals surface area contributed by atoms with E-state index >= 15 is 0 Å². The minimum atomic E-state index is 0. The smallest absolute Gasteiger partial charge is 0.0587 e. The van der Waals surface area contributed by atoms with Gasteiger partial charge < -0.3 is 6.15 Å². The Morgan fingerprint density at radius 2 is 1.60 bits per heavy atom. The second-order valence-corrected chi connectivity index (χ2v) is 0.224. The van der Waals surface area contributed by atoms with E-state index in [-0.39, 0.29) is 23.1 Å². The number of nitriles is 1. The van der Waals surface area contributed by atoms with E-state index in [4.69, 9.17) is 5.26 Å². The summed E-state index contributed by atoms with van der Waals surface area (Å²) >= 11 is 0. The maximum absolute atomic E-state index is 7.32. The van der Waals surface area contributed by atoms with Gasteiger partial charge in [0.15, 0.2) is 0 Å². The fourth-order valence-electron chi connectivity index (χ4n) is 0. The van der Waals surface area contributed by atoms with Crippen LogP contribution in [0.3, 0.4) is 0 Å². The summed E-state index contributed by atoms with van der Waals surface area (Å²) in [6, 6.07) is 1.75. The molecule has 0 aliphatic carbocycles. The molecular formula is C2H7BrN2. The molecule has 0 aromatic rings. The zero-order valence-electron chi connectivity index (χ0n) is 3.06. The van der Waals surface area contributed by atoms with Crippen molar-refractivity contribution in [3.05, 3.63) is 0 Å². The molecule has 3 heteroatoms. The zero-order chi connectivity index (χ0) is 2.71. The standard InChI is InChI=1S/C2H3N.BrH.H3N/c1-2-3;;/h1H3;1H;1H3. The van der Waals surface area contributed by atoms with Crippen LogP contribution in [0.15, 0.2) is 0 Å². The molecule has 32 valence electrons. The lowest BCUT2D eigenvalue weighted by molar-refractivity contribution is 1.49. The molecular weight excluding hydrogens is 132 g/mol. The molecule has 0 bridgehead atoms. The molecule has 0 aliphatic heterocycles. The van der Waals surface area contributed by atoms with E-state index in [1.54, 1.807) is 6.07 Å². The van der Waals surface area contributed by atoms with E-state index in [0.717, 1.165) is 0 Å². The SMILES string of the molecule is Br.CC#N.N. The van der Waals surface area contributed by atoms with Crippen LogP contribution in [0.5, 0.6) is 0 Å². The van der Waals surface area contributed by atoms with E-state index in [9.17, 15) is 0 Å². The predicted octanol–water partition coefficient (Wildman–Crippen LogP) is 1.27. The first-order chi connectivity index (χ1) is 1.41. The number of hydrogen-bond donors (Lipinski definition) is 1. The number of halogens is 1. The van der Waals surface area contributed by atoms with Gasteiger partial charge in [-0.05, 0) is 0 Å². The van der Waals surface area contributed by atoms with Gasteiger partial charge in [0.2, 0.25) is 0 Å². The molecule has 0 heterocycles. The van der Waals surface area contributed by atoms with E-state index in [1.807, 2.05) is 0 Å². The maximum Gasteiger partial charge on any atom is 0.0587 e. The van der Waals surface area contributed by atoms with Crippen molar-refractivity contribution in [2.45, 2.75) is 6.92 Å². The van der Waals surface area contributed by atoms with Crippen LogP contribution in [-0.2, 0) is 0 Å². The molecule has 0 atom stereocenters. The van der Waals surface area contributed by atoms with Gasteiger partial charge in [-0.2, -0.15) is 5.26 Å². The minimum Gasteiger partial charge on any atom is -0.344 e. The number of rotatable bonds is 0. The van der Waals surface area contributed by atoms with Crippen LogP contribution in [0.25, 0.3) is 0 Å². The van der Waals surface area contributed by atoms with Gasteiger partial charge in [-0.1, -0.05) is 0 Å². The Balaban J connectivity index is -0.0000000200. The lowest BCUT2D eigenvalue weighted by Crippen LogP contribution is -1.10. The molecule has 0 aromatic heterocycles. The highest BCUT2D eigenvalue weighted by Crippen LogP contribution is 1.21. The molecule has 0 amide bonds. The summed E-state index contributed by atoms with van der Waals surface area (Å²) < 4.78 is 0. The van der Waals surface area contributed by atoms with E-state index in [1.165, 1.54) is 6.92 Å². The van der Waals surface area contributed by atoms with Gasteiger partial charge in [-0.25, -0.2) is 0 Å².